The molecule has 0 bridgehead atoms. The largest absolute Gasteiger partial charge is 0.382 e. The van der Waals surface area contributed by atoms with Crippen molar-refractivity contribution in [3.8, 4) is 0 Å². The summed E-state index contributed by atoms with van der Waals surface area (Å²) in [4.78, 5) is 9.24. The first-order valence-electron chi connectivity index (χ1n) is 9.28. The fourth-order valence-electron chi connectivity index (χ4n) is 2.76. The van der Waals surface area contributed by atoms with E-state index < -0.39 is 0 Å². The Labute approximate surface area is 173 Å². The van der Waals surface area contributed by atoms with Gasteiger partial charge in [-0.1, -0.05) is 12.1 Å². The number of halogens is 1. The van der Waals surface area contributed by atoms with Crippen molar-refractivity contribution in [2.75, 3.05) is 32.8 Å². The van der Waals surface area contributed by atoms with Crippen molar-refractivity contribution >= 4 is 41.0 Å². The van der Waals surface area contributed by atoms with Crippen molar-refractivity contribution in [3.63, 3.8) is 0 Å². The number of benzene rings is 1. The third-order valence-corrected chi connectivity index (χ3v) is 3.99. The van der Waals surface area contributed by atoms with Gasteiger partial charge in [-0.05, 0) is 45.7 Å². The van der Waals surface area contributed by atoms with Crippen LogP contribution in [-0.2, 0) is 11.3 Å². The van der Waals surface area contributed by atoms with E-state index in [-0.39, 0.29) is 24.0 Å². The number of aryl methyl sites for hydroxylation is 1. The fourth-order valence-corrected chi connectivity index (χ4v) is 2.76. The summed E-state index contributed by atoms with van der Waals surface area (Å²) < 4.78 is 7.60. The molecule has 7 heteroatoms. The van der Waals surface area contributed by atoms with Gasteiger partial charge < -0.3 is 19.9 Å². The van der Waals surface area contributed by atoms with Crippen molar-refractivity contribution in [2.24, 2.45) is 4.99 Å². The van der Waals surface area contributed by atoms with Gasteiger partial charge in [0.2, 0.25) is 0 Å². The normalized spacial score (nSPS) is 11.4. The highest BCUT2D eigenvalue weighted by molar-refractivity contribution is 14.0. The van der Waals surface area contributed by atoms with Gasteiger partial charge in [-0.2, -0.15) is 0 Å². The maximum atomic E-state index is 5.35. The van der Waals surface area contributed by atoms with E-state index in [1.165, 1.54) is 5.52 Å². The predicted octanol–water partition coefficient (Wildman–Crippen LogP) is 3.33. The summed E-state index contributed by atoms with van der Waals surface area (Å²) >= 11 is 0. The molecule has 26 heavy (non-hydrogen) atoms. The molecule has 6 nitrogen and oxygen atoms in total. The van der Waals surface area contributed by atoms with Crippen molar-refractivity contribution < 1.29 is 4.74 Å². The summed E-state index contributed by atoms with van der Waals surface area (Å²) in [6, 6.07) is 8.26. The smallest absolute Gasteiger partial charge is 0.191 e. The van der Waals surface area contributed by atoms with Crippen LogP contribution in [0.2, 0.25) is 0 Å². The molecule has 0 aliphatic carbocycles. The number of hydrogen-bond acceptors (Lipinski definition) is 3. The zero-order valence-electron chi connectivity index (χ0n) is 16.1. The molecule has 1 heterocycles. The molecule has 0 fully saturated rings. The van der Waals surface area contributed by atoms with Crippen LogP contribution in [0.1, 0.15) is 32.5 Å². The number of rotatable bonds is 10. The Morgan fingerprint density at radius 1 is 1.19 bits per heavy atom. The lowest BCUT2D eigenvalue weighted by molar-refractivity contribution is 0.144. The van der Waals surface area contributed by atoms with Crippen molar-refractivity contribution in [2.45, 2.75) is 40.2 Å². The van der Waals surface area contributed by atoms with Gasteiger partial charge in [0.1, 0.15) is 5.82 Å². The number of imidazole rings is 1. The molecule has 1 aromatic carbocycles. The van der Waals surface area contributed by atoms with Gasteiger partial charge in [0.05, 0.1) is 11.0 Å². The van der Waals surface area contributed by atoms with Crippen LogP contribution in [0.3, 0.4) is 0 Å². The van der Waals surface area contributed by atoms with E-state index >= 15 is 0 Å². The molecular weight excluding hydrogens is 441 g/mol. The van der Waals surface area contributed by atoms with Crippen molar-refractivity contribution in [1.29, 1.82) is 0 Å². The molecule has 0 unspecified atom stereocenters. The molecule has 2 N–H and O–H groups in total. The first kappa shape index (κ1) is 22.7. The zero-order chi connectivity index (χ0) is 17.9. The Morgan fingerprint density at radius 3 is 2.77 bits per heavy atom. The minimum absolute atomic E-state index is 0. The van der Waals surface area contributed by atoms with Gasteiger partial charge in [-0.3, -0.25) is 4.99 Å². The molecule has 0 saturated carbocycles. The third-order valence-electron chi connectivity index (χ3n) is 3.99. The zero-order valence-corrected chi connectivity index (χ0v) is 18.5. The van der Waals surface area contributed by atoms with Crippen LogP contribution in [0.15, 0.2) is 29.3 Å². The number of unbranched alkanes of at least 4 members (excludes halogenated alkanes) is 1. The first-order chi connectivity index (χ1) is 12.3. The number of aromatic nitrogens is 2. The summed E-state index contributed by atoms with van der Waals surface area (Å²) in [7, 11) is 0. The van der Waals surface area contributed by atoms with Gasteiger partial charge in [-0.25, -0.2) is 4.98 Å². The number of para-hydroxylation sites is 2. The summed E-state index contributed by atoms with van der Waals surface area (Å²) in [5.41, 5.74) is 2.23. The van der Waals surface area contributed by atoms with Gasteiger partial charge >= 0.3 is 0 Å². The lowest BCUT2D eigenvalue weighted by Gasteiger charge is -2.13. The molecule has 0 saturated heterocycles. The summed E-state index contributed by atoms with van der Waals surface area (Å²) in [5.74, 6) is 1.92. The van der Waals surface area contributed by atoms with E-state index in [1.54, 1.807) is 0 Å². The molecule has 2 aromatic rings. The van der Waals surface area contributed by atoms with E-state index in [0.717, 1.165) is 69.5 Å². The third kappa shape index (κ3) is 7.11. The number of ether oxygens (including phenoxy) is 1. The Kier molecular flexibility index (Phi) is 11.3. The second kappa shape index (κ2) is 12.9. The van der Waals surface area contributed by atoms with Gasteiger partial charge in [0, 0.05) is 39.4 Å². The highest BCUT2D eigenvalue weighted by Gasteiger charge is 2.06. The molecule has 146 valence electrons. The van der Waals surface area contributed by atoms with Crippen LogP contribution in [-0.4, -0.2) is 48.4 Å². The van der Waals surface area contributed by atoms with Crippen LogP contribution in [0.5, 0.6) is 0 Å². The van der Waals surface area contributed by atoms with Crippen LogP contribution < -0.4 is 10.6 Å². The molecule has 0 amide bonds. The van der Waals surface area contributed by atoms with Gasteiger partial charge in [0.15, 0.2) is 5.96 Å². The lowest BCUT2D eigenvalue weighted by Crippen LogP contribution is -2.39. The van der Waals surface area contributed by atoms with E-state index in [4.69, 9.17) is 4.74 Å². The van der Waals surface area contributed by atoms with E-state index in [0.29, 0.717) is 0 Å². The maximum absolute atomic E-state index is 5.35. The van der Waals surface area contributed by atoms with Crippen LogP contribution in [0.4, 0.5) is 0 Å². The standard InChI is InChI=1S/C19H31N5O.HI/c1-4-20-19(21-12-8-9-15-25-5-2)22-13-14-24-16(3)23-17-10-6-7-11-18(17)24;/h6-7,10-11H,4-5,8-9,12-15H2,1-3H3,(H2,20,21,22);1H. The average molecular weight is 473 g/mol. The van der Waals surface area contributed by atoms with Crippen LogP contribution in [0, 0.1) is 6.92 Å². The summed E-state index contributed by atoms with van der Waals surface area (Å²) in [5, 5.41) is 6.71. The quantitative estimate of drug-likeness (QED) is 0.241. The fraction of sp³-hybridized carbons (Fsp3) is 0.579. The van der Waals surface area contributed by atoms with Crippen molar-refractivity contribution in [1.82, 2.24) is 20.2 Å². The molecule has 0 spiro atoms. The van der Waals surface area contributed by atoms with Crippen molar-refractivity contribution in [3.05, 3.63) is 30.1 Å². The number of aliphatic imine (C=N–C) groups is 1. The number of hydrogen-bond donors (Lipinski definition) is 2. The molecular formula is C19H32IN5O. The van der Waals surface area contributed by atoms with Gasteiger partial charge in [0.25, 0.3) is 0 Å². The first-order valence-corrected chi connectivity index (χ1v) is 9.28. The van der Waals surface area contributed by atoms with Gasteiger partial charge in [-0.15, -0.1) is 24.0 Å². The highest BCUT2D eigenvalue weighted by atomic mass is 127. The Bertz CT molecular complexity index is 671. The molecule has 2 rings (SSSR count). The van der Waals surface area contributed by atoms with E-state index in [2.05, 4.69) is 57.2 Å². The Hall–Kier alpha value is -1.35. The predicted molar refractivity (Wildman–Crippen MR) is 120 cm³/mol. The molecule has 0 aliphatic rings. The number of nitrogens with zero attached hydrogens (tertiary/aromatic N) is 3. The molecule has 0 aliphatic heterocycles. The number of fused-ring (bicyclic) bond motifs is 1. The lowest BCUT2D eigenvalue weighted by atomic mass is 10.3. The second-order valence-corrected chi connectivity index (χ2v) is 5.89. The number of nitrogens with one attached hydrogen (secondary N) is 2. The van der Waals surface area contributed by atoms with Crippen LogP contribution >= 0.6 is 24.0 Å². The minimum Gasteiger partial charge on any atom is -0.382 e. The highest BCUT2D eigenvalue weighted by Crippen LogP contribution is 2.14. The minimum atomic E-state index is 0. The Morgan fingerprint density at radius 2 is 2.00 bits per heavy atom. The monoisotopic (exact) mass is 473 g/mol. The maximum Gasteiger partial charge on any atom is 0.191 e. The van der Waals surface area contributed by atoms with E-state index in [1.807, 2.05) is 13.0 Å². The summed E-state index contributed by atoms with van der Waals surface area (Å²) in [6.45, 7) is 11.1. The SMILES string of the molecule is CCNC(=NCCCCOCC)NCCn1c(C)nc2ccccc21.I. The molecule has 0 radical (unpaired) electrons. The van der Waals surface area contributed by atoms with E-state index in [9.17, 15) is 0 Å². The average Bonchev–Trinajstić information content (AvgIpc) is 2.93. The summed E-state index contributed by atoms with van der Waals surface area (Å²) in [6.07, 6.45) is 2.10. The Balaban J connectivity index is 0.00000338. The molecule has 0 atom stereocenters. The number of guanidine groups is 1. The van der Waals surface area contributed by atoms with Crippen LogP contribution in [0.25, 0.3) is 11.0 Å². The molecule has 1 aromatic heterocycles. The second-order valence-electron chi connectivity index (χ2n) is 5.89. The topological polar surface area (TPSA) is 63.5 Å².